The summed E-state index contributed by atoms with van der Waals surface area (Å²) in [6.45, 7) is 4.07. The van der Waals surface area contributed by atoms with Crippen molar-refractivity contribution in [3.63, 3.8) is 0 Å². The van der Waals surface area contributed by atoms with Crippen LogP contribution in [0.4, 0.5) is 0 Å². The second-order valence-corrected chi connectivity index (χ2v) is 5.09. The van der Waals surface area contributed by atoms with Gasteiger partial charge >= 0.3 is 11.9 Å². The molecule has 0 saturated heterocycles. The Balaban J connectivity index is 3.27. The summed E-state index contributed by atoms with van der Waals surface area (Å²) in [6, 6.07) is 0. The van der Waals surface area contributed by atoms with Crippen molar-refractivity contribution in [2.45, 2.75) is 57.8 Å². The third-order valence-corrected chi connectivity index (χ3v) is 3.10. The smallest absolute Gasteiger partial charge is 0.330 e. The highest BCUT2D eigenvalue weighted by molar-refractivity contribution is 5.81. The molecular weight excluding hydrogens is 286 g/mol. The molecule has 2 N–H and O–H groups in total. The van der Waals surface area contributed by atoms with E-state index in [2.05, 4.69) is 11.9 Å². The molecule has 6 nitrogen and oxygen atoms in total. The molecule has 0 aromatic rings. The Kier molecular flexibility index (Phi) is 12.9. The van der Waals surface area contributed by atoms with Crippen LogP contribution in [0, 0.1) is 0 Å². The Hall–Kier alpha value is -1.85. The minimum atomic E-state index is -0.740. The number of hydrogen-bond acceptors (Lipinski definition) is 4. The number of carboxylic acids is 1. The van der Waals surface area contributed by atoms with Crippen LogP contribution < -0.4 is 5.32 Å². The Morgan fingerprint density at radius 3 is 2.14 bits per heavy atom. The zero-order valence-electron chi connectivity index (χ0n) is 13.1. The van der Waals surface area contributed by atoms with Gasteiger partial charge in [0.25, 0.3) is 0 Å². The van der Waals surface area contributed by atoms with E-state index in [4.69, 9.17) is 9.84 Å². The molecule has 0 aliphatic rings. The highest BCUT2D eigenvalue weighted by Gasteiger charge is 2.01. The van der Waals surface area contributed by atoms with Crippen molar-refractivity contribution in [2.24, 2.45) is 0 Å². The Bertz CT molecular complexity index is 354. The van der Waals surface area contributed by atoms with E-state index >= 15 is 0 Å². The number of unbranched alkanes of at least 4 members (excludes halogenated alkanes) is 5. The maximum atomic E-state index is 11.5. The van der Waals surface area contributed by atoms with Gasteiger partial charge < -0.3 is 15.2 Å². The molecule has 0 saturated carbocycles. The first-order valence-electron chi connectivity index (χ1n) is 7.84. The normalized spacial score (nSPS) is 10.0. The maximum absolute atomic E-state index is 11.5. The maximum Gasteiger partial charge on any atom is 0.330 e. The van der Waals surface area contributed by atoms with Gasteiger partial charge in [0.05, 0.1) is 6.61 Å². The van der Waals surface area contributed by atoms with Crippen LogP contribution in [0.25, 0.3) is 0 Å². The summed E-state index contributed by atoms with van der Waals surface area (Å²) in [5.74, 6) is -1.17. The van der Waals surface area contributed by atoms with E-state index in [1.165, 1.54) is 0 Å². The number of carbonyl (C=O) groups is 3. The van der Waals surface area contributed by atoms with Crippen molar-refractivity contribution in [2.75, 3.05) is 13.2 Å². The number of nitrogens with one attached hydrogen (secondary N) is 1. The van der Waals surface area contributed by atoms with Gasteiger partial charge in [-0.15, -0.1) is 0 Å². The molecule has 0 rings (SSSR count). The van der Waals surface area contributed by atoms with Gasteiger partial charge in [0.1, 0.15) is 0 Å². The zero-order valence-corrected chi connectivity index (χ0v) is 13.1. The molecule has 0 heterocycles. The van der Waals surface area contributed by atoms with Gasteiger partial charge in [0.2, 0.25) is 5.91 Å². The van der Waals surface area contributed by atoms with Gasteiger partial charge in [0.15, 0.2) is 0 Å². The molecule has 0 atom stereocenters. The van der Waals surface area contributed by atoms with Crippen LogP contribution in [-0.4, -0.2) is 36.1 Å². The van der Waals surface area contributed by atoms with E-state index in [1.807, 2.05) is 0 Å². The van der Waals surface area contributed by atoms with Crippen molar-refractivity contribution in [3.05, 3.63) is 12.7 Å². The largest absolute Gasteiger partial charge is 0.481 e. The first-order chi connectivity index (χ1) is 10.6. The van der Waals surface area contributed by atoms with Gasteiger partial charge in [-0.25, -0.2) is 4.79 Å². The van der Waals surface area contributed by atoms with E-state index < -0.39 is 11.9 Å². The highest BCUT2D eigenvalue weighted by atomic mass is 16.5. The number of ether oxygens (including phenoxy) is 1. The molecule has 1 amide bonds. The van der Waals surface area contributed by atoms with Gasteiger partial charge in [-0.1, -0.05) is 32.3 Å². The van der Waals surface area contributed by atoms with E-state index in [9.17, 15) is 14.4 Å². The Labute approximate surface area is 131 Å². The standard InChI is InChI=1S/C16H27NO5/c1-2-16(21)22-13-9-12-17-14(18)10-7-5-3-4-6-8-11-15(19)20/h2H,1,3-13H2,(H,17,18)(H,19,20). The average molecular weight is 313 g/mol. The minimum absolute atomic E-state index is 0.0147. The average Bonchev–Trinajstić information content (AvgIpc) is 2.48. The van der Waals surface area contributed by atoms with Crippen LogP contribution in [-0.2, 0) is 19.1 Å². The van der Waals surface area contributed by atoms with Gasteiger partial charge in [-0.2, -0.15) is 0 Å². The van der Waals surface area contributed by atoms with Crippen LogP contribution in [0.15, 0.2) is 12.7 Å². The van der Waals surface area contributed by atoms with Gasteiger partial charge in [-0.3, -0.25) is 9.59 Å². The van der Waals surface area contributed by atoms with Crippen molar-refractivity contribution >= 4 is 17.8 Å². The fourth-order valence-corrected chi connectivity index (χ4v) is 1.89. The summed E-state index contributed by atoms with van der Waals surface area (Å²) in [7, 11) is 0. The van der Waals surface area contributed by atoms with Crippen LogP contribution in [0.5, 0.6) is 0 Å². The van der Waals surface area contributed by atoms with Crippen LogP contribution in [0.3, 0.4) is 0 Å². The number of hydrogen-bond donors (Lipinski definition) is 2. The number of carbonyl (C=O) groups excluding carboxylic acids is 2. The molecule has 0 radical (unpaired) electrons. The van der Waals surface area contributed by atoms with Gasteiger partial charge in [-0.05, 0) is 19.3 Å². The van der Waals surface area contributed by atoms with E-state index in [0.717, 1.165) is 44.6 Å². The lowest BCUT2D eigenvalue weighted by Crippen LogP contribution is -2.25. The summed E-state index contributed by atoms with van der Waals surface area (Å²) in [5.41, 5.74) is 0. The third-order valence-electron chi connectivity index (χ3n) is 3.10. The predicted molar refractivity (Wildman–Crippen MR) is 83.4 cm³/mol. The summed E-state index contributed by atoms with van der Waals surface area (Å²) >= 11 is 0. The number of amides is 1. The van der Waals surface area contributed by atoms with E-state index in [0.29, 0.717) is 19.4 Å². The minimum Gasteiger partial charge on any atom is -0.481 e. The fraction of sp³-hybridized carbons (Fsp3) is 0.688. The molecule has 22 heavy (non-hydrogen) atoms. The molecule has 126 valence electrons. The highest BCUT2D eigenvalue weighted by Crippen LogP contribution is 2.08. The molecule has 0 unspecified atom stereocenters. The van der Waals surface area contributed by atoms with Crippen molar-refractivity contribution in [1.29, 1.82) is 0 Å². The van der Waals surface area contributed by atoms with Crippen molar-refractivity contribution in [1.82, 2.24) is 5.32 Å². The van der Waals surface area contributed by atoms with E-state index in [-0.39, 0.29) is 18.9 Å². The van der Waals surface area contributed by atoms with Crippen LogP contribution in [0.2, 0.25) is 0 Å². The quantitative estimate of drug-likeness (QED) is 0.292. The zero-order chi connectivity index (χ0) is 16.6. The second kappa shape index (κ2) is 14.1. The molecule has 6 heteroatoms. The van der Waals surface area contributed by atoms with Crippen LogP contribution >= 0.6 is 0 Å². The third kappa shape index (κ3) is 14.6. The molecule has 0 aromatic carbocycles. The lowest BCUT2D eigenvalue weighted by Gasteiger charge is -2.05. The number of aliphatic carboxylic acids is 1. The number of carboxylic acid groups (broad SMARTS) is 1. The number of esters is 1. The van der Waals surface area contributed by atoms with Crippen molar-refractivity contribution in [3.8, 4) is 0 Å². The predicted octanol–water partition coefficient (Wildman–Crippen LogP) is 2.43. The Morgan fingerprint density at radius 1 is 0.955 bits per heavy atom. The van der Waals surface area contributed by atoms with Crippen LogP contribution in [0.1, 0.15) is 57.8 Å². The van der Waals surface area contributed by atoms with Gasteiger partial charge in [0, 0.05) is 25.5 Å². The molecule has 0 aliphatic heterocycles. The molecule has 0 bridgehead atoms. The lowest BCUT2D eigenvalue weighted by atomic mass is 10.1. The number of rotatable bonds is 14. The summed E-state index contributed by atoms with van der Waals surface area (Å²) in [6.07, 6.45) is 7.98. The first kappa shape index (κ1) is 20.1. The molecule has 0 aromatic heterocycles. The molecular formula is C16H27NO5. The Morgan fingerprint density at radius 2 is 1.55 bits per heavy atom. The van der Waals surface area contributed by atoms with Crippen molar-refractivity contribution < 1.29 is 24.2 Å². The monoisotopic (exact) mass is 313 g/mol. The second-order valence-electron chi connectivity index (χ2n) is 5.09. The first-order valence-corrected chi connectivity index (χ1v) is 7.84. The lowest BCUT2D eigenvalue weighted by molar-refractivity contribution is -0.138. The molecule has 0 aliphatic carbocycles. The molecule has 0 spiro atoms. The topological polar surface area (TPSA) is 92.7 Å². The van der Waals surface area contributed by atoms with E-state index in [1.54, 1.807) is 0 Å². The SMILES string of the molecule is C=CC(=O)OCCCNC(=O)CCCCCCCCC(=O)O. The fourth-order valence-electron chi connectivity index (χ4n) is 1.89. The summed E-state index contributed by atoms with van der Waals surface area (Å²) in [4.78, 5) is 32.6. The summed E-state index contributed by atoms with van der Waals surface area (Å²) < 4.78 is 4.79. The molecule has 0 fully saturated rings. The summed E-state index contributed by atoms with van der Waals surface area (Å²) in [5, 5.41) is 11.3.